The molecule has 0 bridgehead atoms. The molecule has 0 radical (unpaired) electrons. The van der Waals surface area contributed by atoms with E-state index in [4.69, 9.17) is 0 Å². The number of thioether (sulfide) groups is 1. The second-order valence-corrected chi connectivity index (χ2v) is 5.53. The van der Waals surface area contributed by atoms with Crippen LogP contribution in [-0.2, 0) is 6.42 Å². The van der Waals surface area contributed by atoms with Crippen LogP contribution >= 0.6 is 11.8 Å². The van der Waals surface area contributed by atoms with Gasteiger partial charge in [0.1, 0.15) is 0 Å². The van der Waals surface area contributed by atoms with Gasteiger partial charge in [-0.2, -0.15) is 0 Å². The molecule has 17 heavy (non-hydrogen) atoms. The summed E-state index contributed by atoms with van der Waals surface area (Å²) in [6, 6.07) is 3.71. The highest BCUT2D eigenvalue weighted by Gasteiger charge is 2.17. The number of carboxylic acids is 1. The van der Waals surface area contributed by atoms with Gasteiger partial charge in [0.25, 0.3) is 0 Å². The van der Waals surface area contributed by atoms with E-state index in [1.54, 1.807) is 17.8 Å². The maximum atomic E-state index is 11.2. The molecular weight excluding hydrogens is 232 g/mol. The molecule has 0 aliphatic rings. The Balaban J connectivity index is 3.43. The van der Waals surface area contributed by atoms with Crippen molar-refractivity contribution in [3.63, 3.8) is 0 Å². The highest BCUT2D eigenvalue weighted by atomic mass is 32.2. The van der Waals surface area contributed by atoms with E-state index >= 15 is 0 Å². The zero-order chi connectivity index (χ0) is 13.0. The Labute approximate surface area is 107 Å². The molecule has 1 aromatic rings. The monoisotopic (exact) mass is 252 g/mol. The van der Waals surface area contributed by atoms with Gasteiger partial charge in [-0.15, -0.1) is 11.8 Å². The van der Waals surface area contributed by atoms with Crippen LogP contribution in [0.4, 0.5) is 0 Å². The third-order valence-electron chi connectivity index (χ3n) is 2.79. The Kier molecular flexibility index (Phi) is 5.06. The van der Waals surface area contributed by atoms with Gasteiger partial charge in [0.2, 0.25) is 0 Å². The van der Waals surface area contributed by atoms with Gasteiger partial charge in [-0.3, -0.25) is 0 Å². The number of carbonyl (C=O) groups is 1. The number of hydrogen-bond acceptors (Lipinski definition) is 2. The maximum absolute atomic E-state index is 11.2. The second kappa shape index (κ2) is 6.10. The van der Waals surface area contributed by atoms with Crippen LogP contribution in [0.5, 0.6) is 0 Å². The Morgan fingerprint density at radius 2 is 2.00 bits per heavy atom. The molecule has 0 saturated carbocycles. The largest absolute Gasteiger partial charge is 0.478 e. The summed E-state index contributed by atoms with van der Waals surface area (Å²) in [5, 5.41) is 9.21. The lowest BCUT2D eigenvalue weighted by molar-refractivity contribution is 0.0695. The zero-order valence-corrected chi connectivity index (χ0v) is 11.7. The van der Waals surface area contributed by atoms with Crippen LogP contribution in [0.3, 0.4) is 0 Å². The predicted molar refractivity (Wildman–Crippen MR) is 73.3 cm³/mol. The fourth-order valence-electron chi connectivity index (χ4n) is 1.97. The number of rotatable bonds is 5. The van der Waals surface area contributed by atoms with E-state index < -0.39 is 5.97 Å². The van der Waals surface area contributed by atoms with Gasteiger partial charge in [-0.1, -0.05) is 33.8 Å². The quantitative estimate of drug-likeness (QED) is 0.799. The zero-order valence-electron chi connectivity index (χ0n) is 10.9. The minimum absolute atomic E-state index is 0.428. The molecule has 3 heteroatoms. The first-order valence-electron chi connectivity index (χ1n) is 6.04. The van der Waals surface area contributed by atoms with E-state index in [-0.39, 0.29) is 0 Å². The average Bonchev–Trinajstić information content (AvgIpc) is 2.28. The molecule has 0 amide bonds. The van der Waals surface area contributed by atoms with Crippen LogP contribution in [0.25, 0.3) is 0 Å². The molecular formula is C14H20O2S. The number of aromatic carboxylic acids is 1. The number of benzene rings is 1. The summed E-state index contributed by atoms with van der Waals surface area (Å²) in [6.45, 7) is 8.41. The first-order chi connectivity index (χ1) is 8.02. The lowest BCUT2D eigenvalue weighted by Gasteiger charge is -2.17. The fourth-order valence-corrected chi connectivity index (χ4v) is 3.15. The van der Waals surface area contributed by atoms with E-state index in [9.17, 15) is 9.90 Å². The minimum atomic E-state index is -0.824. The first kappa shape index (κ1) is 14.1. The van der Waals surface area contributed by atoms with Crippen molar-refractivity contribution in [2.75, 3.05) is 5.75 Å². The van der Waals surface area contributed by atoms with Gasteiger partial charge in [-0.25, -0.2) is 4.79 Å². The summed E-state index contributed by atoms with van der Waals surface area (Å²) in [5.41, 5.74) is 2.70. The molecule has 1 N–H and O–H groups in total. The molecule has 0 heterocycles. The van der Waals surface area contributed by atoms with Crippen molar-refractivity contribution in [1.82, 2.24) is 0 Å². The molecule has 94 valence electrons. The minimum Gasteiger partial charge on any atom is -0.478 e. The average molecular weight is 252 g/mol. The third-order valence-corrected chi connectivity index (χ3v) is 3.85. The van der Waals surface area contributed by atoms with E-state index in [0.29, 0.717) is 11.5 Å². The van der Waals surface area contributed by atoms with Crippen molar-refractivity contribution >= 4 is 17.7 Å². The Bertz CT molecular complexity index is 411. The molecule has 0 saturated heterocycles. The summed E-state index contributed by atoms with van der Waals surface area (Å²) in [6.07, 6.45) is 0.768. The summed E-state index contributed by atoms with van der Waals surface area (Å²) in [4.78, 5) is 12.4. The second-order valence-electron chi connectivity index (χ2n) is 4.26. The van der Waals surface area contributed by atoms with E-state index in [0.717, 1.165) is 17.7 Å². The topological polar surface area (TPSA) is 37.3 Å². The molecule has 0 unspecified atom stereocenters. The van der Waals surface area contributed by atoms with Crippen LogP contribution in [0.15, 0.2) is 17.0 Å². The van der Waals surface area contributed by atoms with Gasteiger partial charge in [-0.05, 0) is 35.3 Å². The van der Waals surface area contributed by atoms with E-state index in [1.807, 2.05) is 13.0 Å². The van der Waals surface area contributed by atoms with Crippen molar-refractivity contribution in [3.8, 4) is 0 Å². The van der Waals surface area contributed by atoms with Crippen LogP contribution in [-0.4, -0.2) is 16.8 Å². The standard InChI is InChI=1S/C14H20O2S/c1-5-10-12(14(15)16)8-7-11(9(3)4)13(10)17-6-2/h7-9H,5-6H2,1-4H3,(H,15,16). The van der Waals surface area contributed by atoms with Crippen molar-refractivity contribution in [1.29, 1.82) is 0 Å². The maximum Gasteiger partial charge on any atom is 0.336 e. The van der Waals surface area contributed by atoms with Crippen LogP contribution in [0, 0.1) is 0 Å². The number of hydrogen-bond donors (Lipinski definition) is 1. The molecule has 1 aromatic carbocycles. The van der Waals surface area contributed by atoms with Crippen LogP contribution < -0.4 is 0 Å². The van der Waals surface area contributed by atoms with Gasteiger partial charge in [0.15, 0.2) is 0 Å². The Hall–Kier alpha value is -0.960. The lowest BCUT2D eigenvalue weighted by Crippen LogP contribution is -2.06. The highest BCUT2D eigenvalue weighted by molar-refractivity contribution is 7.99. The third kappa shape index (κ3) is 3.03. The molecule has 0 atom stereocenters. The van der Waals surface area contributed by atoms with Crippen molar-refractivity contribution in [2.45, 2.75) is 44.9 Å². The van der Waals surface area contributed by atoms with Gasteiger partial charge >= 0.3 is 5.97 Å². The van der Waals surface area contributed by atoms with Crippen LogP contribution in [0.1, 0.15) is 55.1 Å². The number of carboxylic acid groups (broad SMARTS) is 1. The van der Waals surface area contributed by atoms with Gasteiger partial charge in [0.05, 0.1) is 5.56 Å². The Morgan fingerprint density at radius 1 is 1.35 bits per heavy atom. The molecule has 1 rings (SSSR count). The Morgan fingerprint density at radius 3 is 2.41 bits per heavy atom. The summed E-state index contributed by atoms with van der Waals surface area (Å²) in [7, 11) is 0. The van der Waals surface area contributed by atoms with E-state index in [2.05, 4.69) is 20.8 Å². The molecule has 0 aliphatic heterocycles. The predicted octanol–water partition coefficient (Wildman–Crippen LogP) is 4.18. The summed E-state index contributed by atoms with van der Waals surface area (Å²) >= 11 is 1.75. The smallest absolute Gasteiger partial charge is 0.336 e. The normalized spacial score (nSPS) is 10.9. The van der Waals surface area contributed by atoms with Crippen molar-refractivity contribution < 1.29 is 9.90 Å². The fraction of sp³-hybridized carbons (Fsp3) is 0.500. The van der Waals surface area contributed by atoms with Gasteiger partial charge < -0.3 is 5.11 Å². The molecule has 0 aliphatic carbocycles. The van der Waals surface area contributed by atoms with Gasteiger partial charge in [0, 0.05) is 4.90 Å². The van der Waals surface area contributed by atoms with Crippen LogP contribution in [0.2, 0.25) is 0 Å². The summed E-state index contributed by atoms with van der Waals surface area (Å²) in [5.74, 6) is 0.572. The van der Waals surface area contributed by atoms with Crippen molar-refractivity contribution in [2.24, 2.45) is 0 Å². The van der Waals surface area contributed by atoms with Crippen molar-refractivity contribution in [3.05, 3.63) is 28.8 Å². The molecule has 0 aromatic heterocycles. The summed E-state index contributed by atoms with van der Waals surface area (Å²) < 4.78 is 0. The molecule has 2 nitrogen and oxygen atoms in total. The molecule has 0 spiro atoms. The first-order valence-corrected chi connectivity index (χ1v) is 7.03. The lowest BCUT2D eigenvalue weighted by atomic mass is 9.96. The SMILES string of the molecule is CCSc1c(C(C)C)ccc(C(=O)O)c1CC. The molecule has 0 fully saturated rings. The highest BCUT2D eigenvalue weighted by Crippen LogP contribution is 2.34. The van der Waals surface area contributed by atoms with E-state index in [1.165, 1.54) is 10.5 Å².